The van der Waals surface area contributed by atoms with Crippen molar-refractivity contribution < 1.29 is 16.8 Å². The van der Waals surface area contributed by atoms with Gasteiger partial charge in [0.25, 0.3) is 20.0 Å². The van der Waals surface area contributed by atoms with Gasteiger partial charge in [-0.3, -0.25) is 0 Å². The van der Waals surface area contributed by atoms with E-state index < -0.39 is 20.0 Å². The van der Waals surface area contributed by atoms with Crippen LogP contribution in [-0.4, -0.2) is 39.9 Å². The summed E-state index contributed by atoms with van der Waals surface area (Å²) in [5.74, 6) is 0.104. The Morgan fingerprint density at radius 1 is 0.969 bits per heavy atom. The fourth-order valence-corrected chi connectivity index (χ4v) is 7.45. The number of hydrogen-bond acceptors (Lipinski definition) is 5. The molecule has 2 heterocycles. The first kappa shape index (κ1) is 24.7. The number of benzene rings is 2. The lowest BCUT2D eigenvalue weighted by atomic mass is 10.00. The van der Waals surface area contributed by atoms with Crippen LogP contribution in [0.25, 0.3) is 10.9 Å². The lowest BCUT2D eigenvalue weighted by molar-refractivity contribution is 0.426. The summed E-state index contributed by atoms with van der Waals surface area (Å²) in [6.07, 6.45) is 1.31. The van der Waals surface area contributed by atoms with Gasteiger partial charge in [0, 0.05) is 11.4 Å². The number of fused-ring (bicyclic) bond motifs is 1. The Bertz CT molecular complexity index is 1300. The van der Waals surface area contributed by atoms with Gasteiger partial charge in [-0.15, -0.1) is 12.4 Å². The van der Waals surface area contributed by atoms with Crippen molar-refractivity contribution in [2.24, 2.45) is 0 Å². The molecule has 0 amide bonds. The number of piperidine rings is 1. The number of hydrogen-bond donors (Lipinski definition) is 2. The summed E-state index contributed by atoms with van der Waals surface area (Å²) >= 11 is 0. The average Bonchev–Trinajstić information content (AvgIpc) is 3.16. The summed E-state index contributed by atoms with van der Waals surface area (Å²) in [5, 5.41) is 3.58. The molecule has 0 saturated carbocycles. The van der Waals surface area contributed by atoms with Crippen molar-refractivity contribution >= 4 is 43.4 Å². The van der Waals surface area contributed by atoms with Crippen molar-refractivity contribution in [2.75, 3.05) is 13.1 Å². The van der Waals surface area contributed by atoms with Gasteiger partial charge < -0.3 is 5.32 Å². The molecule has 1 saturated heterocycles. The van der Waals surface area contributed by atoms with E-state index in [1.807, 2.05) is 19.9 Å². The summed E-state index contributed by atoms with van der Waals surface area (Å²) in [6.45, 7) is 5.44. The summed E-state index contributed by atoms with van der Waals surface area (Å²) in [6, 6.07) is 14.5. The van der Waals surface area contributed by atoms with Gasteiger partial charge in [0.1, 0.15) is 0 Å². The molecule has 0 unspecified atom stereocenters. The second-order valence-electron chi connectivity index (χ2n) is 8.15. The first-order valence-corrected chi connectivity index (χ1v) is 13.3. The topological polar surface area (TPSA) is 97.3 Å². The lowest BCUT2D eigenvalue weighted by Gasteiger charge is -2.23. The van der Waals surface area contributed by atoms with Crippen molar-refractivity contribution in [3.63, 3.8) is 0 Å². The second kappa shape index (κ2) is 9.52. The minimum absolute atomic E-state index is 0. The number of nitrogens with one attached hydrogen (secondary N) is 2. The minimum Gasteiger partial charge on any atom is -0.317 e. The first-order chi connectivity index (χ1) is 14.7. The Balaban J connectivity index is 0.00000289. The van der Waals surface area contributed by atoms with Gasteiger partial charge in [-0.05, 0) is 61.7 Å². The zero-order valence-electron chi connectivity index (χ0n) is 18.0. The third-order valence-corrected chi connectivity index (χ3v) is 9.00. The van der Waals surface area contributed by atoms with Crippen LogP contribution in [0.4, 0.5) is 0 Å². The van der Waals surface area contributed by atoms with E-state index in [-0.39, 0.29) is 34.3 Å². The third kappa shape index (κ3) is 4.58. The normalized spacial score (nSPS) is 15.7. The molecule has 7 nitrogen and oxygen atoms in total. The smallest absolute Gasteiger partial charge is 0.269 e. The van der Waals surface area contributed by atoms with Gasteiger partial charge in [0.2, 0.25) is 0 Å². The van der Waals surface area contributed by atoms with Crippen LogP contribution in [0.2, 0.25) is 0 Å². The fourth-order valence-electron chi connectivity index (χ4n) is 4.06. The number of rotatable bonds is 6. The molecule has 10 heteroatoms. The Morgan fingerprint density at radius 2 is 1.62 bits per heavy atom. The Kier molecular flexibility index (Phi) is 7.36. The van der Waals surface area contributed by atoms with E-state index in [0.29, 0.717) is 23.7 Å². The van der Waals surface area contributed by atoms with Crippen molar-refractivity contribution in [3.8, 4) is 0 Å². The predicted octanol–water partition coefficient (Wildman–Crippen LogP) is 3.45. The second-order valence-corrected chi connectivity index (χ2v) is 11.6. The molecule has 0 radical (unpaired) electrons. The van der Waals surface area contributed by atoms with Crippen LogP contribution in [-0.2, 0) is 20.0 Å². The highest BCUT2D eigenvalue weighted by molar-refractivity contribution is 7.92. The molecule has 0 aliphatic carbocycles. The summed E-state index contributed by atoms with van der Waals surface area (Å²) < 4.78 is 57.8. The Labute approximate surface area is 195 Å². The lowest BCUT2D eigenvalue weighted by Crippen LogP contribution is -2.43. The zero-order chi connectivity index (χ0) is 22.2. The number of sulfonamides is 1. The minimum atomic E-state index is -4.13. The third-order valence-electron chi connectivity index (χ3n) is 5.64. The van der Waals surface area contributed by atoms with E-state index in [4.69, 9.17) is 0 Å². The highest BCUT2D eigenvalue weighted by Crippen LogP contribution is 2.33. The first-order valence-electron chi connectivity index (χ1n) is 10.4. The molecule has 0 atom stereocenters. The van der Waals surface area contributed by atoms with E-state index in [1.54, 1.807) is 30.3 Å². The van der Waals surface area contributed by atoms with Gasteiger partial charge >= 0.3 is 0 Å². The number of halogens is 1. The number of aromatic nitrogens is 1. The monoisotopic (exact) mass is 497 g/mol. The largest absolute Gasteiger partial charge is 0.317 e. The SMILES string of the molecule is CC(C)c1cccc2c1cc(S(=O)(=O)NC1CCNCC1)n2S(=O)(=O)c1ccccc1.Cl. The quantitative estimate of drug-likeness (QED) is 0.543. The molecular weight excluding hydrogens is 470 g/mol. The van der Waals surface area contributed by atoms with E-state index in [9.17, 15) is 16.8 Å². The maximum absolute atomic E-state index is 13.6. The molecule has 1 fully saturated rings. The van der Waals surface area contributed by atoms with Gasteiger partial charge in [-0.2, -0.15) is 0 Å². The van der Waals surface area contributed by atoms with Crippen LogP contribution in [0.5, 0.6) is 0 Å². The number of nitrogens with zero attached hydrogens (tertiary/aromatic N) is 1. The van der Waals surface area contributed by atoms with Gasteiger partial charge in [-0.1, -0.05) is 44.2 Å². The van der Waals surface area contributed by atoms with Crippen molar-refractivity contribution in [3.05, 3.63) is 60.2 Å². The molecule has 1 aromatic heterocycles. The van der Waals surface area contributed by atoms with Crippen molar-refractivity contribution in [1.29, 1.82) is 0 Å². The van der Waals surface area contributed by atoms with Crippen LogP contribution >= 0.6 is 12.4 Å². The van der Waals surface area contributed by atoms with Crippen molar-refractivity contribution in [1.82, 2.24) is 14.0 Å². The van der Waals surface area contributed by atoms with Gasteiger partial charge in [0.15, 0.2) is 5.03 Å². The predicted molar refractivity (Wildman–Crippen MR) is 129 cm³/mol. The maximum Gasteiger partial charge on any atom is 0.269 e. The van der Waals surface area contributed by atoms with Crippen LogP contribution in [0.15, 0.2) is 64.5 Å². The van der Waals surface area contributed by atoms with Gasteiger partial charge in [0.05, 0.1) is 10.4 Å². The molecule has 32 heavy (non-hydrogen) atoms. The zero-order valence-corrected chi connectivity index (χ0v) is 20.4. The van der Waals surface area contributed by atoms with E-state index in [2.05, 4.69) is 10.0 Å². The highest BCUT2D eigenvalue weighted by atomic mass is 35.5. The van der Waals surface area contributed by atoms with Crippen LogP contribution in [0.3, 0.4) is 0 Å². The maximum atomic E-state index is 13.6. The van der Waals surface area contributed by atoms with Crippen molar-refractivity contribution in [2.45, 2.75) is 48.6 Å². The van der Waals surface area contributed by atoms with E-state index in [0.717, 1.165) is 22.6 Å². The van der Waals surface area contributed by atoms with Gasteiger partial charge in [-0.25, -0.2) is 25.5 Å². The molecule has 1 aliphatic heterocycles. The summed E-state index contributed by atoms with van der Waals surface area (Å²) in [7, 11) is -8.21. The molecular formula is C22H28ClN3O4S2. The van der Waals surface area contributed by atoms with Crippen LogP contribution in [0.1, 0.15) is 38.2 Å². The van der Waals surface area contributed by atoms with E-state index >= 15 is 0 Å². The molecule has 0 bridgehead atoms. The Morgan fingerprint density at radius 3 is 2.25 bits per heavy atom. The molecule has 174 valence electrons. The highest BCUT2D eigenvalue weighted by Gasteiger charge is 2.32. The van der Waals surface area contributed by atoms with E-state index in [1.165, 1.54) is 18.2 Å². The average molecular weight is 498 g/mol. The molecule has 3 aromatic rings. The fraction of sp³-hybridized carbons (Fsp3) is 0.364. The molecule has 2 aromatic carbocycles. The molecule has 4 rings (SSSR count). The summed E-state index contributed by atoms with van der Waals surface area (Å²) in [4.78, 5) is 0.0424. The standard InChI is InChI=1S/C22H27N3O4S2.ClH/c1-16(2)19-9-6-10-21-20(19)15-22(30(26,27)24-17-11-13-23-14-12-17)25(21)31(28,29)18-7-4-3-5-8-18;/h3-10,15-17,23-24H,11-14H2,1-2H3;1H. The summed E-state index contributed by atoms with van der Waals surface area (Å²) in [5.41, 5.74) is 1.26. The van der Waals surface area contributed by atoms with Crippen LogP contribution in [0, 0.1) is 0 Å². The Hall–Kier alpha value is -1.91. The molecule has 1 aliphatic rings. The molecule has 0 spiro atoms. The van der Waals surface area contributed by atoms with Crippen LogP contribution < -0.4 is 10.0 Å². The molecule has 2 N–H and O–H groups in total.